The van der Waals surface area contributed by atoms with Crippen LogP contribution in [0.4, 0.5) is 11.4 Å². The third kappa shape index (κ3) is 4.44. The van der Waals surface area contributed by atoms with Gasteiger partial charge in [0.15, 0.2) is 6.61 Å². The first-order valence-electron chi connectivity index (χ1n) is 6.08. The third-order valence-electron chi connectivity index (χ3n) is 2.60. The number of carbonyl (C=O) groups is 1. The van der Waals surface area contributed by atoms with Crippen molar-refractivity contribution in [3.8, 4) is 5.75 Å². The molecular formula is C14H10BrClN2O4. The van der Waals surface area contributed by atoms with Gasteiger partial charge in [0.05, 0.1) is 15.6 Å². The largest absolute Gasteiger partial charge is 0.484 e. The molecule has 0 saturated carbocycles. The van der Waals surface area contributed by atoms with Crippen molar-refractivity contribution in [1.29, 1.82) is 0 Å². The molecule has 0 aliphatic rings. The summed E-state index contributed by atoms with van der Waals surface area (Å²) in [5, 5.41) is 13.2. The molecule has 0 aliphatic carbocycles. The van der Waals surface area contributed by atoms with Crippen LogP contribution in [0, 0.1) is 10.1 Å². The molecule has 0 heterocycles. The smallest absolute Gasteiger partial charge is 0.271 e. The Kier molecular flexibility index (Phi) is 5.35. The van der Waals surface area contributed by atoms with E-state index in [1.165, 1.54) is 18.2 Å². The van der Waals surface area contributed by atoms with Gasteiger partial charge in [0.25, 0.3) is 11.6 Å². The van der Waals surface area contributed by atoms with E-state index >= 15 is 0 Å². The molecule has 0 atom stereocenters. The van der Waals surface area contributed by atoms with Crippen LogP contribution in [0.3, 0.4) is 0 Å². The minimum Gasteiger partial charge on any atom is -0.484 e. The molecule has 22 heavy (non-hydrogen) atoms. The minimum atomic E-state index is -0.562. The number of nitro benzene ring substituents is 1. The zero-order valence-corrected chi connectivity index (χ0v) is 13.4. The van der Waals surface area contributed by atoms with Crippen LogP contribution in [0.15, 0.2) is 46.9 Å². The van der Waals surface area contributed by atoms with Crippen molar-refractivity contribution in [1.82, 2.24) is 0 Å². The number of hydrogen-bond acceptors (Lipinski definition) is 4. The molecule has 0 bridgehead atoms. The number of anilines is 1. The molecule has 0 unspecified atom stereocenters. The Morgan fingerprint density at radius 1 is 1.32 bits per heavy atom. The predicted molar refractivity (Wildman–Crippen MR) is 86.4 cm³/mol. The van der Waals surface area contributed by atoms with Crippen LogP contribution in [0.2, 0.25) is 5.02 Å². The number of halogens is 2. The molecule has 114 valence electrons. The van der Waals surface area contributed by atoms with Gasteiger partial charge in [-0.2, -0.15) is 0 Å². The van der Waals surface area contributed by atoms with Crippen LogP contribution in [-0.2, 0) is 4.79 Å². The maximum Gasteiger partial charge on any atom is 0.271 e. The summed E-state index contributed by atoms with van der Waals surface area (Å²) < 4.78 is 6.17. The van der Waals surface area contributed by atoms with Gasteiger partial charge in [0.1, 0.15) is 5.75 Å². The topological polar surface area (TPSA) is 81.5 Å². The van der Waals surface area contributed by atoms with Crippen molar-refractivity contribution < 1.29 is 14.5 Å². The van der Waals surface area contributed by atoms with Gasteiger partial charge in [0.2, 0.25) is 0 Å². The van der Waals surface area contributed by atoms with E-state index in [0.29, 0.717) is 5.75 Å². The van der Waals surface area contributed by atoms with E-state index in [0.717, 1.165) is 4.47 Å². The zero-order chi connectivity index (χ0) is 16.1. The molecule has 6 nitrogen and oxygen atoms in total. The third-order valence-corrected chi connectivity index (χ3v) is 3.41. The highest BCUT2D eigenvalue weighted by molar-refractivity contribution is 9.10. The standard InChI is InChI=1S/C14H10BrClN2O4/c15-9-2-1-3-11(6-9)22-8-14(19)17-13-5-4-10(18(20)21)7-12(13)16/h1-7H,8H2,(H,17,19). The molecule has 0 spiro atoms. The van der Waals surface area contributed by atoms with Crippen LogP contribution in [0.5, 0.6) is 5.75 Å². The van der Waals surface area contributed by atoms with Gasteiger partial charge in [-0.3, -0.25) is 14.9 Å². The molecule has 0 aromatic heterocycles. The molecule has 8 heteroatoms. The average molecular weight is 386 g/mol. The molecule has 1 N–H and O–H groups in total. The van der Waals surface area contributed by atoms with Gasteiger partial charge >= 0.3 is 0 Å². The number of nitrogens with one attached hydrogen (secondary N) is 1. The first-order valence-corrected chi connectivity index (χ1v) is 7.25. The van der Waals surface area contributed by atoms with Crippen molar-refractivity contribution in [3.63, 3.8) is 0 Å². The van der Waals surface area contributed by atoms with Crippen molar-refractivity contribution in [2.75, 3.05) is 11.9 Å². The van der Waals surface area contributed by atoms with E-state index in [1.54, 1.807) is 18.2 Å². The second-order valence-corrected chi connectivity index (χ2v) is 5.54. The highest BCUT2D eigenvalue weighted by Crippen LogP contribution is 2.26. The van der Waals surface area contributed by atoms with Gasteiger partial charge in [-0.25, -0.2) is 0 Å². The van der Waals surface area contributed by atoms with Crippen LogP contribution >= 0.6 is 27.5 Å². The summed E-state index contributed by atoms with van der Waals surface area (Å²) in [5.41, 5.74) is 0.142. The zero-order valence-electron chi connectivity index (χ0n) is 11.1. The Morgan fingerprint density at radius 2 is 2.09 bits per heavy atom. The van der Waals surface area contributed by atoms with Gasteiger partial charge in [-0.1, -0.05) is 33.6 Å². The minimum absolute atomic E-state index is 0.0880. The Bertz CT molecular complexity index is 724. The van der Waals surface area contributed by atoms with Crippen molar-refractivity contribution in [3.05, 3.63) is 62.1 Å². The summed E-state index contributed by atoms with van der Waals surface area (Å²) in [6, 6.07) is 10.9. The van der Waals surface area contributed by atoms with E-state index in [1.807, 2.05) is 6.07 Å². The Labute approximate surface area is 139 Å². The SMILES string of the molecule is O=C(COc1cccc(Br)c1)Nc1ccc([N+](=O)[O-])cc1Cl. The number of amides is 1. The summed E-state index contributed by atoms with van der Waals surface area (Å²) in [7, 11) is 0. The first-order chi connectivity index (χ1) is 10.5. The molecule has 2 aromatic rings. The second-order valence-electron chi connectivity index (χ2n) is 4.22. The van der Waals surface area contributed by atoms with E-state index in [-0.39, 0.29) is 23.0 Å². The molecule has 0 aliphatic heterocycles. The number of carbonyl (C=O) groups excluding carboxylic acids is 1. The molecule has 0 saturated heterocycles. The number of ether oxygens (including phenoxy) is 1. The Balaban J connectivity index is 1.96. The maximum absolute atomic E-state index is 11.8. The second kappa shape index (κ2) is 7.24. The fourth-order valence-electron chi connectivity index (χ4n) is 1.61. The average Bonchev–Trinajstić information content (AvgIpc) is 2.47. The lowest BCUT2D eigenvalue weighted by Gasteiger charge is -2.09. The van der Waals surface area contributed by atoms with Gasteiger partial charge in [-0.05, 0) is 24.3 Å². The van der Waals surface area contributed by atoms with E-state index in [2.05, 4.69) is 21.2 Å². The van der Waals surface area contributed by atoms with Gasteiger partial charge in [0, 0.05) is 16.6 Å². The summed E-state index contributed by atoms with van der Waals surface area (Å²) in [5.74, 6) is 0.120. The molecule has 0 radical (unpaired) electrons. The van der Waals surface area contributed by atoms with Gasteiger partial charge < -0.3 is 10.1 Å². The van der Waals surface area contributed by atoms with E-state index in [9.17, 15) is 14.9 Å². The maximum atomic E-state index is 11.8. The van der Waals surface area contributed by atoms with Crippen molar-refractivity contribution >= 4 is 44.8 Å². The first kappa shape index (κ1) is 16.3. The normalized spacial score (nSPS) is 10.1. The highest BCUT2D eigenvalue weighted by Gasteiger charge is 2.12. The summed E-state index contributed by atoms with van der Waals surface area (Å²) in [4.78, 5) is 21.8. The van der Waals surface area contributed by atoms with Crippen LogP contribution in [0.1, 0.15) is 0 Å². The van der Waals surface area contributed by atoms with Crippen molar-refractivity contribution in [2.45, 2.75) is 0 Å². The number of rotatable bonds is 5. The predicted octanol–water partition coefficient (Wildman–Crippen LogP) is 4.03. The van der Waals surface area contributed by atoms with E-state index in [4.69, 9.17) is 16.3 Å². The lowest BCUT2D eigenvalue weighted by Crippen LogP contribution is -2.20. The fourth-order valence-corrected chi connectivity index (χ4v) is 2.21. The van der Waals surface area contributed by atoms with Crippen LogP contribution < -0.4 is 10.1 Å². The molecule has 1 amide bonds. The lowest BCUT2D eigenvalue weighted by atomic mass is 10.3. The number of nitro groups is 1. The Morgan fingerprint density at radius 3 is 2.73 bits per heavy atom. The molecular weight excluding hydrogens is 376 g/mol. The van der Waals surface area contributed by atoms with Crippen LogP contribution in [-0.4, -0.2) is 17.4 Å². The fraction of sp³-hybridized carbons (Fsp3) is 0.0714. The quantitative estimate of drug-likeness (QED) is 0.622. The van der Waals surface area contributed by atoms with Crippen LogP contribution in [0.25, 0.3) is 0 Å². The summed E-state index contributed by atoms with van der Waals surface area (Å²) in [6.45, 7) is -0.205. The number of hydrogen-bond donors (Lipinski definition) is 1. The number of non-ortho nitro benzene ring substituents is 1. The lowest BCUT2D eigenvalue weighted by molar-refractivity contribution is -0.384. The molecule has 0 fully saturated rings. The Hall–Kier alpha value is -2.12. The molecule has 2 aromatic carbocycles. The number of benzene rings is 2. The molecule has 2 rings (SSSR count). The summed E-state index contributed by atoms with van der Waals surface area (Å²) >= 11 is 9.19. The number of nitrogens with zero attached hydrogens (tertiary/aromatic N) is 1. The monoisotopic (exact) mass is 384 g/mol. The summed E-state index contributed by atoms with van der Waals surface area (Å²) in [6.07, 6.45) is 0. The van der Waals surface area contributed by atoms with Gasteiger partial charge in [-0.15, -0.1) is 0 Å². The van der Waals surface area contributed by atoms with E-state index < -0.39 is 10.8 Å². The highest BCUT2D eigenvalue weighted by atomic mass is 79.9. The van der Waals surface area contributed by atoms with Crippen molar-refractivity contribution in [2.24, 2.45) is 0 Å².